The van der Waals surface area contributed by atoms with Crippen molar-refractivity contribution in [1.29, 1.82) is 0 Å². The fourth-order valence-corrected chi connectivity index (χ4v) is 10.3. The highest BCUT2D eigenvalue weighted by atomic mass is 31.2. The molecule has 4 aromatic rings. The third-order valence-electron chi connectivity index (χ3n) is 8.41. The minimum absolute atomic E-state index is 0.239. The number of hydrogen-bond acceptors (Lipinski definition) is 0. The van der Waals surface area contributed by atoms with Gasteiger partial charge in [0, 0.05) is 6.42 Å². The molecule has 0 atom stereocenters. The Balaban J connectivity index is 1.49. The predicted molar refractivity (Wildman–Crippen MR) is 165 cm³/mol. The van der Waals surface area contributed by atoms with Gasteiger partial charge in [-0.15, -0.1) is 0 Å². The molecule has 4 aromatic carbocycles. The average molecular weight is 504 g/mol. The Kier molecular flexibility index (Phi) is 7.24. The molecule has 0 amide bonds. The van der Waals surface area contributed by atoms with Crippen molar-refractivity contribution in [3.8, 4) is 0 Å². The lowest BCUT2D eigenvalue weighted by Gasteiger charge is -2.42. The predicted octanol–water partition coefficient (Wildman–Crippen LogP) is 8.43. The quantitative estimate of drug-likeness (QED) is 0.222. The lowest BCUT2D eigenvalue weighted by atomic mass is 9.63. The second kappa shape index (κ2) is 10.4. The van der Waals surface area contributed by atoms with Crippen LogP contribution < -0.4 is 15.9 Å². The number of hydrogen-bond donors (Lipinski definition) is 0. The second-order valence-electron chi connectivity index (χ2n) is 11.8. The number of rotatable bonds is 7. The molecule has 0 saturated carbocycles. The first-order valence-electron chi connectivity index (χ1n) is 13.7. The largest absolute Gasteiger partial charge is 0.112 e. The van der Waals surface area contributed by atoms with E-state index in [1.54, 1.807) is 0 Å². The molecule has 5 rings (SSSR count). The summed E-state index contributed by atoms with van der Waals surface area (Å²) < 4.78 is 0. The van der Waals surface area contributed by atoms with E-state index in [0.29, 0.717) is 0 Å². The molecule has 0 N–H and O–H groups in total. The van der Waals surface area contributed by atoms with Gasteiger partial charge in [0.2, 0.25) is 0 Å². The first-order chi connectivity index (χ1) is 17.8. The Morgan fingerprint density at radius 3 is 1.54 bits per heavy atom. The van der Waals surface area contributed by atoms with E-state index in [2.05, 4.69) is 149 Å². The number of fused-ring (bicyclic) bond motifs is 1. The normalized spacial score (nSPS) is 16.4. The molecule has 188 valence electrons. The van der Waals surface area contributed by atoms with Crippen LogP contribution in [0.2, 0.25) is 0 Å². The Hall–Kier alpha value is -2.95. The molecule has 0 saturated heterocycles. The van der Waals surface area contributed by atoms with Crippen molar-refractivity contribution in [2.24, 2.45) is 0 Å². The molecule has 0 fully saturated rings. The van der Waals surface area contributed by atoms with Gasteiger partial charge < -0.3 is 0 Å². The van der Waals surface area contributed by atoms with Crippen LogP contribution in [0.1, 0.15) is 63.6 Å². The fraction of sp³-hybridized carbons (Fsp3) is 0.278. The van der Waals surface area contributed by atoms with Crippen molar-refractivity contribution in [3.05, 3.63) is 132 Å². The van der Waals surface area contributed by atoms with Crippen LogP contribution in [0.3, 0.4) is 0 Å². The zero-order valence-corrected chi connectivity index (χ0v) is 23.7. The summed E-state index contributed by atoms with van der Waals surface area (Å²) in [7, 11) is -1.78. The van der Waals surface area contributed by atoms with Crippen LogP contribution in [0.25, 0.3) is 6.08 Å². The van der Waals surface area contributed by atoms with Gasteiger partial charge in [-0.2, -0.15) is 0 Å². The maximum absolute atomic E-state index is 2.46. The maximum Gasteiger partial charge on any atom is 0.112 e. The molecule has 1 heteroatoms. The first-order valence-corrected chi connectivity index (χ1v) is 15.7. The molecular formula is C36H40P+. The SMILES string of the molecule is CC1(C)CCC(C)(C)c2cc(C=CCC[P+](c3ccccc3)(c3ccccc3)c3ccccc3)ccc21. The minimum Gasteiger partial charge on any atom is -0.0803 e. The average Bonchev–Trinajstić information content (AvgIpc) is 2.93. The van der Waals surface area contributed by atoms with Crippen LogP contribution in [0, 0.1) is 0 Å². The Morgan fingerprint density at radius 1 is 0.595 bits per heavy atom. The highest BCUT2D eigenvalue weighted by Crippen LogP contribution is 2.55. The highest BCUT2D eigenvalue weighted by molar-refractivity contribution is 7.95. The molecule has 0 heterocycles. The minimum atomic E-state index is -1.78. The Morgan fingerprint density at radius 2 is 1.05 bits per heavy atom. The van der Waals surface area contributed by atoms with Gasteiger partial charge in [0.15, 0.2) is 0 Å². The summed E-state index contributed by atoms with van der Waals surface area (Å²) in [5, 5.41) is 4.37. The lowest BCUT2D eigenvalue weighted by molar-refractivity contribution is 0.332. The van der Waals surface area contributed by atoms with Gasteiger partial charge in [-0.25, -0.2) is 0 Å². The van der Waals surface area contributed by atoms with Crippen molar-refractivity contribution in [2.45, 2.75) is 57.8 Å². The number of allylic oxidation sites excluding steroid dienone is 1. The molecular weight excluding hydrogens is 463 g/mol. The van der Waals surface area contributed by atoms with E-state index in [0.717, 1.165) is 12.6 Å². The molecule has 0 nitrogen and oxygen atoms in total. The summed E-state index contributed by atoms with van der Waals surface area (Å²) in [5.74, 6) is 0. The molecule has 0 unspecified atom stereocenters. The van der Waals surface area contributed by atoms with Crippen molar-refractivity contribution in [3.63, 3.8) is 0 Å². The standard InChI is InChI=1S/C36H40P/c1-35(2)25-26-36(3,4)34-28-29(23-24-33(34)35)16-14-15-27-37(30-17-8-5-9-18-30,31-19-10-6-11-20-31)32-21-12-7-13-22-32/h5-14,16-24,28H,15,25-27H2,1-4H3/q+1. The topological polar surface area (TPSA) is 0 Å². The molecule has 1 aliphatic carbocycles. The summed E-state index contributed by atoms with van der Waals surface area (Å²) in [4.78, 5) is 0. The van der Waals surface area contributed by atoms with Crippen LogP contribution in [-0.2, 0) is 10.8 Å². The third kappa shape index (κ3) is 5.10. The molecule has 0 spiro atoms. The van der Waals surface area contributed by atoms with Crippen molar-refractivity contribution >= 4 is 29.3 Å². The summed E-state index contributed by atoms with van der Waals surface area (Å²) in [6.45, 7) is 9.62. The molecule has 0 bridgehead atoms. The van der Waals surface area contributed by atoms with E-state index in [9.17, 15) is 0 Å². The van der Waals surface area contributed by atoms with Crippen LogP contribution in [0.5, 0.6) is 0 Å². The zero-order chi connectivity index (χ0) is 25.9. The van der Waals surface area contributed by atoms with E-state index in [-0.39, 0.29) is 10.8 Å². The van der Waals surface area contributed by atoms with Gasteiger partial charge in [0.05, 0.1) is 6.16 Å². The monoisotopic (exact) mass is 503 g/mol. The molecule has 0 aromatic heterocycles. The van der Waals surface area contributed by atoms with Crippen molar-refractivity contribution in [2.75, 3.05) is 6.16 Å². The van der Waals surface area contributed by atoms with E-state index < -0.39 is 7.26 Å². The Labute approximate surface area is 224 Å². The van der Waals surface area contributed by atoms with Crippen LogP contribution in [0.15, 0.2) is 115 Å². The van der Waals surface area contributed by atoms with Crippen LogP contribution >= 0.6 is 7.26 Å². The first kappa shape index (κ1) is 25.7. The van der Waals surface area contributed by atoms with Gasteiger partial charge in [0.25, 0.3) is 0 Å². The van der Waals surface area contributed by atoms with Gasteiger partial charge >= 0.3 is 0 Å². The highest BCUT2D eigenvalue weighted by Gasteiger charge is 2.44. The fourth-order valence-electron chi connectivity index (χ4n) is 6.08. The van der Waals surface area contributed by atoms with Gasteiger partial charge in [0.1, 0.15) is 23.2 Å². The third-order valence-corrected chi connectivity index (χ3v) is 12.9. The zero-order valence-electron chi connectivity index (χ0n) is 22.8. The summed E-state index contributed by atoms with van der Waals surface area (Å²) in [6, 6.07) is 40.8. The van der Waals surface area contributed by atoms with Crippen molar-refractivity contribution in [1.82, 2.24) is 0 Å². The van der Waals surface area contributed by atoms with E-state index >= 15 is 0 Å². The van der Waals surface area contributed by atoms with E-state index in [1.165, 1.54) is 45.4 Å². The maximum atomic E-state index is 2.46. The molecule has 0 aliphatic heterocycles. The summed E-state index contributed by atoms with van der Waals surface area (Å²) in [5.41, 5.74) is 4.89. The Bertz CT molecular complexity index is 1250. The van der Waals surface area contributed by atoms with Crippen molar-refractivity contribution < 1.29 is 0 Å². The second-order valence-corrected chi connectivity index (χ2v) is 15.4. The van der Waals surface area contributed by atoms with E-state index in [4.69, 9.17) is 0 Å². The van der Waals surface area contributed by atoms with Gasteiger partial charge in [-0.1, -0.05) is 113 Å². The summed E-state index contributed by atoms with van der Waals surface area (Å²) >= 11 is 0. The number of benzene rings is 4. The molecule has 0 radical (unpaired) electrons. The van der Waals surface area contributed by atoms with E-state index in [1.807, 2.05) is 0 Å². The van der Waals surface area contributed by atoms with Crippen LogP contribution in [0.4, 0.5) is 0 Å². The van der Waals surface area contributed by atoms with Crippen LogP contribution in [-0.4, -0.2) is 6.16 Å². The smallest absolute Gasteiger partial charge is 0.0803 e. The van der Waals surface area contributed by atoms with Gasteiger partial charge in [-0.05, 0) is 76.8 Å². The molecule has 1 aliphatic rings. The lowest BCUT2D eigenvalue weighted by Crippen LogP contribution is -2.33. The molecule has 37 heavy (non-hydrogen) atoms. The summed E-state index contributed by atoms with van der Waals surface area (Å²) in [6.07, 6.45) is 9.42. The van der Waals surface area contributed by atoms with Gasteiger partial charge in [-0.3, -0.25) is 0 Å².